The second kappa shape index (κ2) is 16.1. The average Bonchev–Trinajstić information content (AvgIpc) is 2.85. The van der Waals surface area contributed by atoms with Gasteiger partial charge >= 0.3 is 6.09 Å². The molecule has 4 amide bonds. The maximum Gasteiger partial charge on any atom is 0.408 e. The number of nitrogens with two attached hydrogens (primary N) is 1. The van der Waals surface area contributed by atoms with Crippen LogP contribution in [0.4, 0.5) is 4.79 Å². The van der Waals surface area contributed by atoms with E-state index in [0.29, 0.717) is 6.42 Å². The minimum atomic E-state index is -0.973. The zero-order valence-electron chi connectivity index (χ0n) is 21.2. The lowest BCUT2D eigenvalue weighted by Crippen LogP contribution is -2.55. The molecule has 0 radical (unpaired) electrons. The van der Waals surface area contributed by atoms with Crippen molar-refractivity contribution in [3.63, 3.8) is 0 Å². The number of nitrogens with zero attached hydrogens (tertiary/aromatic N) is 1. The van der Waals surface area contributed by atoms with Crippen molar-refractivity contribution in [2.45, 2.75) is 45.8 Å². The number of ether oxygens (including phenoxy) is 1. The molecule has 0 fully saturated rings. The number of hydrazine groups is 1. The van der Waals surface area contributed by atoms with Crippen molar-refractivity contribution in [3.05, 3.63) is 83.9 Å². The van der Waals surface area contributed by atoms with Crippen molar-refractivity contribution in [2.24, 2.45) is 11.7 Å². The molecule has 0 unspecified atom stereocenters. The van der Waals surface area contributed by atoms with Crippen LogP contribution in [-0.4, -0.2) is 41.4 Å². The van der Waals surface area contributed by atoms with Crippen LogP contribution in [-0.2, 0) is 32.1 Å². The second-order valence-corrected chi connectivity index (χ2v) is 8.80. The van der Waals surface area contributed by atoms with Gasteiger partial charge in [0.15, 0.2) is 0 Å². The third-order valence-corrected chi connectivity index (χ3v) is 5.16. The van der Waals surface area contributed by atoms with Gasteiger partial charge in [0, 0.05) is 18.4 Å². The first kappa shape index (κ1) is 31.2. The minimum absolute atomic E-state index is 0. The topological polar surface area (TPSA) is 131 Å². The molecule has 0 aliphatic rings. The summed E-state index contributed by atoms with van der Waals surface area (Å²) in [5, 5.41) is 3.59. The molecule has 0 aliphatic carbocycles. The van der Waals surface area contributed by atoms with Gasteiger partial charge < -0.3 is 15.8 Å². The summed E-state index contributed by atoms with van der Waals surface area (Å²) in [7, 11) is 0. The predicted molar refractivity (Wildman–Crippen MR) is 146 cm³/mol. The van der Waals surface area contributed by atoms with E-state index in [-0.39, 0.29) is 51.0 Å². The van der Waals surface area contributed by atoms with E-state index in [1.54, 1.807) is 0 Å². The lowest BCUT2D eigenvalue weighted by atomic mass is 10.0. The molecule has 0 aliphatic heterocycles. The fraction of sp³-hybridized carbons (Fsp3) is 0.333. The molecule has 2 aromatic rings. The Morgan fingerprint density at radius 2 is 1.54 bits per heavy atom. The molecule has 10 heteroatoms. The van der Waals surface area contributed by atoms with Gasteiger partial charge in [-0.3, -0.25) is 19.8 Å². The van der Waals surface area contributed by atoms with Crippen molar-refractivity contribution in [2.75, 3.05) is 6.54 Å². The molecule has 1 atom stereocenters. The average molecular weight is 529 g/mol. The van der Waals surface area contributed by atoms with E-state index in [1.165, 1.54) is 0 Å². The van der Waals surface area contributed by atoms with Crippen LogP contribution >= 0.6 is 13.5 Å². The highest BCUT2D eigenvalue weighted by atomic mass is 32.1. The van der Waals surface area contributed by atoms with E-state index in [9.17, 15) is 19.2 Å². The van der Waals surface area contributed by atoms with E-state index in [4.69, 9.17) is 10.5 Å². The molecular weight excluding hydrogens is 492 g/mol. The first-order valence-electron chi connectivity index (χ1n) is 11.7. The molecule has 0 saturated carbocycles. The summed E-state index contributed by atoms with van der Waals surface area (Å²) in [4.78, 5) is 49.9. The Labute approximate surface area is 224 Å². The van der Waals surface area contributed by atoms with Gasteiger partial charge in [-0.25, -0.2) is 9.80 Å². The molecule has 9 nitrogen and oxygen atoms in total. The van der Waals surface area contributed by atoms with Gasteiger partial charge in [0.1, 0.15) is 12.6 Å². The first-order chi connectivity index (χ1) is 17.2. The molecule has 200 valence electrons. The maximum atomic E-state index is 13.1. The number of alkyl carbamates (subject to hydrolysis) is 1. The van der Waals surface area contributed by atoms with E-state index < -0.39 is 29.9 Å². The van der Waals surface area contributed by atoms with Crippen LogP contribution in [0, 0.1) is 5.92 Å². The fourth-order valence-corrected chi connectivity index (χ4v) is 3.36. The van der Waals surface area contributed by atoms with Crippen molar-refractivity contribution in [1.82, 2.24) is 15.8 Å². The summed E-state index contributed by atoms with van der Waals surface area (Å²) < 4.78 is 5.24. The summed E-state index contributed by atoms with van der Waals surface area (Å²) >= 11 is 0. The van der Waals surface area contributed by atoms with Gasteiger partial charge in [-0.05, 0) is 23.5 Å². The highest BCUT2D eigenvalue weighted by Crippen LogP contribution is 2.11. The number of primary amides is 1. The number of amides is 4. The summed E-state index contributed by atoms with van der Waals surface area (Å²) in [5.74, 6) is -1.75. The molecule has 0 bridgehead atoms. The molecule has 2 aromatic carbocycles. The van der Waals surface area contributed by atoms with Crippen LogP contribution in [0.2, 0.25) is 0 Å². The summed E-state index contributed by atoms with van der Waals surface area (Å²) in [6.07, 6.45) is -0.355. The highest BCUT2D eigenvalue weighted by Gasteiger charge is 2.27. The number of carbonyl (C=O) groups excluding carboxylic acids is 4. The van der Waals surface area contributed by atoms with E-state index >= 15 is 0 Å². The van der Waals surface area contributed by atoms with Crippen LogP contribution < -0.4 is 16.5 Å². The Balaban J connectivity index is 0.00000684. The standard InChI is InChI=1S/C27H34N4O5.H2S/c1-19(2)16-23(29-27(35)36-18-22-12-8-5-9-13-22)25(33)30-31(15-14-24(28)32)26(34)20(3)17-21-10-6-4-7-11-21;/h4-13,19,23H,3,14-18H2,1-2H3,(H2,28,32)(H,29,35)(H,30,33);1H2/t23-;/m0./s1. The molecule has 37 heavy (non-hydrogen) atoms. The number of benzene rings is 2. The highest BCUT2D eigenvalue weighted by molar-refractivity contribution is 7.59. The maximum absolute atomic E-state index is 13.1. The lowest BCUT2D eigenvalue weighted by molar-refractivity contribution is -0.140. The molecule has 0 saturated heterocycles. The summed E-state index contributed by atoms with van der Waals surface area (Å²) in [6, 6.07) is 17.4. The summed E-state index contributed by atoms with van der Waals surface area (Å²) in [6.45, 7) is 7.56. The molecule has 0 aromatic heterocycles. The van der Waals surface area contributed by atoms with Gasteiger partial charge in [0.2, 0.25) is 5.91 Å². The van der Waals surface area contributed by atoms with Crippen molar-refractivity contribution in [3.8, 4) is 0 Å². The Kier molecular flexibility index (Phi) is 13.6. The van der Waals surface area contributed by atoms with Crippen LogP contribution in [0.25, 0.3) is 0 Å². The van der Waals surface area contributed by atoms with Crippen LogP contribution in [0.1, 0.15) is 37.8 Å². The van der Waals surface area contributed by atoms with Gasteiger partial charge in [0.25, 0.3) is 11.8 Å². The number of rotatable bonds is 12. The van der Waals surface area contributed by atoms with Crippen LogP contribution in [0.15, 0.2) is 72.8 Å². The monoisotopic (exact) mass is 528 g/mol. The Morgan fingerprint density at radius 1 is 0.973 bits per heavy atom. The normalized spacial score (nSPS) is 11.0. The van der Waals surface area contributed by atoms with Crippen molar-refractivity contribution >= 4 is 37.3 Å². The van der Waals surface area contributed by atoms with E-state index in [2.05, 4.69) is 17.3 Å². The smallest absolute Gasteiger partial charge is 0.408 e. The molecule has 2 rings (SSSR count). The summed E-state index contributed by atoms with van der Waals surface area (Å²) in [5.41, 5.74) is 9.69. The quantitative estimate of drug-likeness (QED) is 0.288. The van der Waals surface area contributed by atoms with Gasteiger partial charge in [-0.1, -0.05) is 81.1 Å². The van der Waals surface area contributed by atoms with E-state index in [1.807, 2.05) is 74.5 Å². The SMILES string of the molecule is C=C(Cc1ccccc1)C(=O)N(CCC(N)=O)NC(=O)[C@H](CC(C)C)NC(=O)OCc1ccccc1.S. The third-order valence-electron chi connectivity index (χ3n) is 5.16. The third kappa shape index (κ3) is 11.7. The number of carbonyl (C=O) groups is 4. The van der Waals surface area contributed by atoms with Crippen LogP contribution in [0.3, 0.4) is 0 Å². The molecule has 0 spiro atoms. The Hall–Kier alpha value is -3.79. The van der Waals surface area contributed by atoms with E-state index in [0.717, 1.165) is 16.1 Å². The van der Waals surface area contributed by atoms with Gasteiger partial charge in [0.05, 0.1) is 6.54 Å². The lowest BCUT2D eigenvalue weighted by Gasteiger charge is -2.27. The first-order valence-corrected chi connectivity index (χ1v) is 11.7. The second-order valence-electron chi connectivity index (χ2n) is 8.80. The number of hydrogen-bond acceptors (Lipinski definition) is 5. The number of nitrogens with one attached hydrogen (secondary N) is 2. The van der Waals surface area contributed by atoms with Gasteiger partial charge in [-0.15, -0.1) is 0 Å². The van der Waals surface area contributed by atoms with Crippen molar-refractivity contribution < 1.29 is 23.9 Å². The molecular formula is C27H36N4O5S. The van der Waals surface area contributed by atoms with Gasteiger partial charge in [-0.2, -0.15) is 13.5 Å². The predicted octanol–water partition coefficient (Wildman–Crippen LogP) is 2.97. The van der Waals surface area contributed by atoms with Crippen LogP contribution in [0.5, 0.6) is 0 Å². The Bertz CT molecular complexity index is 1050. The minimum Gasteiger partial charge on any atom is -0.445 e. The fourth-order valence-electron chi connectivity index (χ4n) is 3.36. The Morgan fingerprint density at radius 3 is 2.08 bits per heavy atom. The molecule has 4 N–H and O–H groups in total. The largest absolute Gasteiger partial charge is 0.445 e. The molecule has 0 heterocycles. The number of hydrogen-bond donors (Lipinski definition) is 3. The zero-order chi connectivity index (χ0) is 26.5. The zero-order valence-corrected chi connectivity index (χ0v) is 22.2. The van der Waals surface area contributed by atoms with Crippen molar-refractivity contribution in [1.29, 1.82) is 0 Å².